The highest BCUT2D eigenvalue weighted by atomic mass is 16.4. The molecular weight excluding hydrogens is 260 g/mol. The number of amides is 2. The number of para-hydroxylation sites is 1. The second-order valence-corrected chi connectivity index (χ2v) is 4.83. The molecule has 1 aromatic carbocycles. The van der Waals surface area contributed by atoms with E-state index < -0.39 is 11.7 Å². The van der Waals surface area contributed by atoms with Crippen LogP contribution < -0.4 is 5.32 Å². The van der Waals surface area contributed by atoms with Gasteiger partial charge in [0.25, 0.3) is 0 Å². The largest absolute Gasteiger partial charge is 0.505 e. The van der Waals surface area contributed by atoms with Gasteiger partial charge in [-0.1, -0.05) is 26.3 Å². The van der Waals surface area contributed by atoms with Gasteiger partial charge in [0.1, 0.15) is 5.56 Å². The SMILES string of the molecule is CCC(C)CN(C)C(=O)Nc1cccc(C(=O)O)c1O. The number of rotatable bonds is 5. The normalized spacial score (nSPS) is 11.8. The van der Waals surface area contributed by atoms with Gasteiger partial charge in [0.15, 0.2) is 5.75 Å². The lowest BCUT2D eigenvalue weighted by Gasteiger charge is -2.21. The molecule has 0 saturated carbocycles. The number of carboxylic acids is 1. The number of carbonyl (C=O) groups excluding carboxylic acids is 1. The van der Waals surface area contributed by atoms with Crippen LogP contribution in [0.1, 0.15) is 30.6 Å². The Morgan fingerprint density at radius 2 is 2.05 bits per heavy atom. The number of anilines is 1. The zero-order chi connectivity index (χ0) is 15.3. The average Bonchev–Trinajstić information content (AvgIpc) is 2.40. The number of urea groups is 1. The monoisotopic (exact) mass is 280 g/mol. The fourth-order valence-corrected chi connectivity index (χ4v) is 1.71. The Morgan fingerprint density at radius 3 is 2.60 bits per heavy atom. The van der Waals surface area contributed by atoms with Crippen molar-refractivity contribution in [1.29, 1.82) is 0 Å². The first-order valence-corrected chi connectivity index (χ1v) is 6.44. The van der Waals surface area contributed by atoms with Crippen molar-refractivity contribution in [2.45, 2.75) is 20.3 Å². The van der Waals surface area contributed by atoms with Crippen LogP contribution in [0.25, 0.3) is 0 Å². The van der Waals surface area contributed by atoms with Gasteiger partial charge in [-0.3, -0.25) is 0 Å². The van der Waals surface area contributed by atoms with Crippen molar-refractivity contribution < 1.29 is 19.8 Å². The molecule has 6 nitrogen and oxygen atoms in total. The van der Waals surface area contributed by atoms with Gasteiger partial charge in [0, 0.05) is 13.6 Å². The van der Waals surface area contributed by atoms with E-state index in [4.69, 9.17) is 5.11 Å². The summed E-state index contributed by atoms with van der Waals surface area (Å²) in [6.07, 6.45) is 0.956. The lowest BCUT2D eigenvalue weighted by Crippen LogP contribution is -2.34. The minimum Gasteiger partial charge on any atom is -0.505 e. The molecule has 3 N–H and O–H groups in total. The standard InChI is InChI=1S/C14H20N2O4/c1-4-9(2)8-16(3)14(20)15-11-7-5-6-10(12(11)17)13(18)19/h5-7,9,17H,4,8H2,1-3H3,(H,15,20)(H,18,19). The molecule has 1 atom stereocenters. The maximum absolute atomic E-state index is 12.0. The average molecular weight is 280 g/mol. The van der Waals surface area contributed by atoms with Gasteiger partial charge in [0.05, 0.1) is 5.69 Å². The van der Waals surface area contributed by atoms with Crippen LogP contribution >= 0.6 is 0 Å². The molecule has 110 valence electrons. The van der Waals surface area contributed by atoms with Crippen LogP contribution in [-0.2, 0) is 0 Å². The lowest BCUT2D eigenvalue weighted by atomic mass is 10.1. The predicted molar refractivity (Wildman–Crippen MR) is 76.2 cm³/mol. The number of hydrogen-bond donors (Lipinski definition) is 3. The van der Waals surface area contributed by atoms with Crippen LogP contribution in [0.3, 0.4) is 0 Å². The topological polar surface area (TPSA) is 89.9 Å². The third-order valence-corrected chi connectivity index (χ3v) is 3.14. The van der Waals surface area contributed by atoms with Crippen molar-refractivity contribution in [3.8, 4) is 5.75 Å². The number of phenols is 1. The highest BCUT2D eigenvalue weighted by Crippen LogP contribution is 2.27. The van der Waals surface area contributed by atoms with E-state index in [1.807, 2.05) is 13.8 Å². The minimum atomic E-state index is -1.24. The maximum Gasteiger partial charge on any atom is 0.339 e. The van der Waals surface area contributed by atoms with Crippen molar-refractivity contribution in [3.05, 3.63) is 23.8 Å². The molecule has 0 heterocycles. The zero-order valence-electron chi connectivity index (χ0n) is 11.9. The molecule has 2 amide bonds. The molecule has 0 bridgehead atoms. The third-order valence-electron chi connectivity index (χ3n) is 3.14. The van der Waals surface area contributed by atoms with E-state index in [0.29, 0.717) is 12.5 Å². The van der Waals surface area contributed by atoms with Crippen LogP contribution in [0, 0.1) is 5.92 Å². The first kappa shape index (κ1) is 15.8. The van der Waals surface area contributed by atoms with Gasteiger partial charge in [-0.15, -0.1) is 0 Å². The number of aromatic carboxylic acids is 1. The van der Waals surface area contributed by atoms with Gasteiger partial charge in [-0.25, -0.2) is 9.59 Å². The molecule has 20 heavy (non-hydrogen) atoms. The zero-order valence-corrected chi connectivity index (χ0v) is 11.9. The van der Waals surface area contributed by atoms with Crippen LogP contribution in [0.5, 0.6) is 5.75 Å². The van der Waals surface area contributed by atoms with Crippen molar-refractivity contribution in [2.24, 2.45) is 5.92 Å². The van der Waals surface area contributed by atoms with E-state index in [0.717, 1.165) is 6.42 Å². The van der Waals surface area contributed by atoms with E-state index in [2.05, 4.69) is 5.32 Å². The molecule has 1 unspecified atom stereocenters. The third kappa shape index (κ3) is 3.88. The second-order valence-electron chi connectivity index (χ2n) is 4.83. The molecule has 0 saturated heterocycles. The van der Waals surface area contributed by atoms with Gasteiger partial charge < -0.3 is 20.4 Å². The Morgan fingerprint density at radius 1 is 1.40 bits per heavy atom. The van der Waals surface area contributed by atoms with Crippen molar-refractivity contribution >= 4 is 17.7 Å². The molecule has 0 aliphatic rings. The summed E-state index contributed by atoms with van der Waals surface area (Å²) in [5, 5.41) is 21.2. The van der Waals surface area contributed by atoms with Gasteiger partial charge in [0.2, 0.25) is 0 Å². The predicted octanol–water partition coefficient (Wildman–Crippen LogP) is 2.60. The summed E-state index contributed by atoms with van der Waals surface area (Å²) in [4.78, 5) is 24.3. The molecule has 1 aromatic rings. The van der Waals surface area contributed by atoms with Crippen molar-refractivity contribution in [3.63, 3.8) is 0 Å². The highest BCUT2D eigenvalue weighted by Gasteiger charge is 2.17. The molecule has 0 aliphatic heterocycles. The fraction of sp³-hybridized carbons (Fsp3) is 0.429. The number of aromatic hydroxyl groups is 1. The van der Waals surface area contributed by atoms with Gasteiger partial charge in [-0.2, -0.15) is 0 Å². The Hall–Kier alpha value is -2.24. The molecular formula is C14H20N2O4. The first-order valence-electron chi connectivity index (χ1n) is 6.44. The van der Waals surface area contributed by atoms with E-state index in [1.165, 1.54) is 23.1 Å². The Balaban J connectivity index is 2.81. The molecule has 0 fully saturated rings. The summed E-state index contributed by atoms with van der Waals surface area (Å²) in [6.45, 7) is 4.66. The number of benzene rings is 1. The van der Waals surface area contributed by atoms with E-state index >= 15 is 0 Å². The lowest BCUT2D eigenvalue weighted by molar-refractivity contribution is 0.0693. The quantitative estimate of drug-likeness (QED) is 0.723. The molecule has 6 heteroatoms. The molecule has 0 aliphatic carbocycles. The summed E-state index contributed by atoms with van der Waals surface area (Å²) in [6, 6.07) is 3.81. The van der Waals surface area contributed by atoms with Crippen LogP contribution in [-0.4, -0.2) is 40.7 Å². The summed E-state index contributed by atoms with van der Waals surface area (Å²) in [5.74, 6) is -1.32. The number of hydrogen-bond acceptors (Lipinski definition) is 3. The highest BCUT2D eigenvalue weighted by molar-refractivity contribution is 5.97. The first-order chi connectivity index (χ1) is 9.36. The summed E-state index contributed by atoms with van der Waals surface area (Å²) < 4.78 is 0. The Bertz CT molecular complexity index is 502. The summed E-state index contributed by atoms with van der Waals surface area (Å²) >= 11 is 0. The van der Waals surface area contributed by atoms with Crippen LogP contribution in [0.2, 0.25) is 0 Å². The van der Waals surface area contributed by atoms with Crippen molar-refractivity contribution in [2.75, 3.05) is 18.9 Å². The second kappa shape index (κ2) is 6.79. The van der Waals surface area contributed by atoms with Crippen molar-refractivity contribution in [1.82, 2.24) is 4.90 Å². The van der Waals surface area contributed by atoms with Gasteiger partial charge >= 0.3 is 12.0 Å². The summed E-state index contributed by atoms with van der Waals surface area (Å²) in [5.41, 5.74) is -0.154. The summed E-state index contributed by atoms with van der Waals surface area (Å²) in [7, 11) is 1.65. The number of nitrogens with zero attached hydrogens (tertiary/aromatic N) is 1. The van der Waals surface area contributed by atoms with Crippen LogP contribution in [0.15, 0.2) is 18.2 Å². The molecule has 0 spiro atoms. The van der Waals surface area contributed by atoms with E-state index in [9.17, 15) is 14.7 Å². The minimum absolute atomic E-state index is 0.0888. The Labute approximate surface area is 118 Å². The number of carbonyl (C=O) groups is 2. The maximum atomic E-state index is 12.0. The number of carboxylic acid groups (broad SMARTS) is 1. The molecule has 1 rings (SSSR count). The van der Waals surface area contributed by atoms with E-state index in [-0.39, 0.29) is 17.3 Å². The molecule has 0 radical (unpaired) electrons. The van der Waals surface area contributed by atoms with Crippen LogP contribution in [0.4, 0.5) is 10.5 Å². The van der Waals surface area contributed by atoms with E-state index in [1.54, 1.807) is 7.05 Å². The smallest absolute Gasteiger partial charge is 0.339 e. The molecule has 0 aromatic heterocycles. The van der Waals surface area contributed by atoms with Gasteiger partial charge in [-0.05, 0) is 18.1 Å². The number of nitrogens with one attached hydrogen (secondary N) is 1. The Kier molecular flexibility index (Phi) is 5.37. The fourth-order valence-electron chi connectivity index (χ4n) is 1.71.